The van der Waals surface area contributed by atoms with Gasteiger partial charge in [0.05, 0.1) is 12.7 Å². The van der Waals surface area contributed by atoms with Gasteiger partial charge in [0.25, 0.3) is 0 Å². The van der Waals surface area contributed by atoms with E-state index in [0.717, 1.165) is 21.9 Å². The molecule has 4 heteroatoms. The summed E-state index contributed by atoms with van der Waals surface area (Å²) < 4.78 is 4.78. The van der Waals surface area contributed by atoms with Gasteiger partial charge in [0, 0.05) is 16.3 Å². The summed E-state index contributed by atoms with van der Waals surface area (Å²) in [5, 5.41) is 0. The van der Waals surface area contributed by atoms with E-state index in [2.05, 4.69) is 0 Å². The number of methoxy groups -OCH3 is 1. The zero-order valence-corrected chi connectivity index (χ0v) is 11.4. The Hall–Kier alpha value is -1.94. The zero-order chi connectivity index (χ0) is 13.7. The van der Waals surface area contributed by atoms with Crippen LogP contribution in [0.1, 0.15) is 15.9 Å². The zero-order valence-electron chi connectivity index (χ0n) is 10.6. The topological polar surface area (TPSA) is 52.3 Å². The van der Waals surface area contributed by atoms with Gasteiger partial charge in [-0.1, -0.05) is 18.2 Å². The molecule has 0 fully saturated rings. The van der Waals surface area contributed by atoms with Gasteiger partial charge in [-0.05, 0) is 35.9 Å². The average Bonchev–Trinajstić information content (AvgIpc) is 2.46. The molecule has 0 heterocycles. The molecule has 0 spiro atoms. The number of carbonyl (C=O) groups excluding carboxylic acids is 1. The van der Waals surface area contributed by atoms with Crippen molar-refractivity contribution in [2.45, 2.75) is 10.6 Å². The molecule has 2 rings (SSSR count). The second-order valence-corrected chi connectivity index (χ2v) is 5.06. The van der Waals surface area contributed by atoms with E-state index >= 15 is 0 Å². The Bertz CT molecular complexity index is 567. The molecule has 2 aromatic rings. The minimum Gasteiger partial charge on any atom is -0.465 e. The molecule has 0 aliphatic heterocycles. The van der Waals surface area contributed by atoms with Gasteiger partial charge in [0.15, 0.2) is 0 Å². The van der Waals surface area contributed by atoms with Gasteiger partial charge in [-0.3, -0.25) is 0 Å². The van der Waals surface area contributed by atoms with E-state index in [4.69, 9.17) is 10.5 Å². The molecule has 0 atom stereocenters. The van der Waals surface area contributed by atoms with Crippen LogP contribution >= 0.6 is 11.8 Å². The summed E-state index contributed by atoms with van der Waals surface area (Å²) in [6.45, 7) is 0. The predicted octanol–water partition coefficient (Wildman–Crippen LogP) is 3.35. The summed E-state index contributed by atoms with van der Waals surface area (Å²) >= 11 is 1.66. The van der Waals surface area contributed by atoms with Gasteiger partial charge in [0.2, 0.25) is 0 Å². The van der Waals surface area contributed by atoms with Gasteiger partial charge in [-0.2, -0.15) is 0 Å². The number of nitrogens with two attached hydrogens (primary N) is 1. The number of carbonyl (C=O) groups is 1. The molecule has 0 radical (unpaired) electrons. The Morgan fingerprint density at radius 2 is 1.84 bits per heavy atom. The Morgan fingerprint density at radius 1 is 1.16 bits per heavy atom. The monoisotopic (exact) mass is 273 g/mol. The average molecular weight is 273 g/mol. The largest absolute Gasteiger partial charge is 0.465 e. The molecule has 2 aromatic carbocycles. The number of esters is 1. The van der Waals surface area contributed by atoms with E-state index < -0.39 is 0 Å². The molecule has 2 N–H and O–H groups in total. The number of rotatable bonds is 4. The van der Waals surface area contributed by atoms with Gasteiger partial charge in [-0.15, -0.1) is 11.8 Å². The van der Waals surface area contributed by atoms with Gasteiger partial charge in [0.1, 0.15) is 0 Å². The first-order chi connectivity index (χ1) is 9.20. The first-order valence-electron chi connectivity index (χ1n) is 5.85. The summed E-state index contributed by atoms with van der Waals surface area (Å²) in [6, 6.07) is 15.2. The third-order valence-electron chi connectivity index (χ3n) is 2.70. The number of hydrogen-bond acceptors (Lipinski definition) is 4. The number of benzene rings is 2. The highest BCUT2D eigenvalue weighted by molar-refractivity contribution is 7.98. The van der Waals surface area contributed by atoms with Crippen molar-refractivity contribution < 1.29 is 9.53 Å². The molecule has 0 aliphatic carbocycles. The van der Waals surface area contributed by atoms with E-state index in [-0.39, 0.29) is 5.97 Å². The molecule has 0 saturated heterocycles. The molecule has 0 aromatic heterocycles. The minimum atomic E-state index is -0.298. The van der Waals surface area contributed by atoms with Gasteiger partial charge >= 0.3 is 5.97 Å². The van der Waals surface area contributed by atoms with Crippen LogP contribution in [0.3, 0.4) is 0 Å². The third kappa shape index (κ3) is 3.51. The smallest absolute Gasteiger partial charge is 0.338 e. The van der Waals surface area contributed by atoms with Crippen molar-refractivity contribution in [2.75, 3.05) is 12.8 Å². The Balaban J connectivity index is 2.11. The van der Waals surface area contributed by atoms with Crippen LogP contribution in [0.2, 0.25) is 0 Å². The lowest BCUT2D eigenvalue weighted by molar-refractivity contribution is 0.0600. The quantitative estimate of drug-likeness (QED) is 0.527. The van der Waals surface area contributed by atoms with Crippen LogP contribution in [-0.4, -0.2) is 13.1 Å². The van der Waals surface area contributed by atoms with Crippen LogP contribution in [0.25, 0.3) is 0 Å². The third-order valence-corrected chi connectivity index (χ3v) is 3.76. The normalized spacial score (nSPS) is 10.2. The van der Waals surface area contributed by atoms with E-state index in [1.807, 2.05) is 42.5 Å². The fraction of sp³-hybridized carbons (Fsp3) is 0.133. The molecule has 0 unspecified atom stereocenters. The SMILES string of the molecule is COC(=O)c1ccccc1CSc1ccc(N)cc1. The van der Waals surface area contributed by atoms with Crippen molar-refractivity contribution in [3.8, 4) is 0 Å². The molecule has 0 saturated carbocycles. The molecule has 19 heavy (non-hydrogen) atoms. The van der Waals surface area contributed by atoms with Crippen LogP contribution in [-0.2, 0) is 10.5 Å². The van der Waals surface area contributed by atoms with Gasteiger partial charge < -0.3 is 10.5 Å². The van der Waals surface area contributed by atoms with E-state index in [1.54, 1.807) is 17.8 Å². The molecule has 98 valence electrons. The lowest BCUT2D eigenvalue weighted by Gasteiger charge is -2.07. The van der Waals surface area contributed by atoms with Crippen LogP contribution < -0.4 is 5.73 Å². The Labute approximate surface area is 116 Å². The standard InChI is InChI=1S/C15H15NO2S/c1-18-15(17)14-5-3-2-4-11(14)10-19-13-8-6-12(16)7-9-13/h2-9H,10,16H2,1H3. The predicted molar refractivity (Wildman–Crippen MR) is 78.2 cm³/mol. The second kappa shape index (κ2) is 6.29. The van der Waals surface area contributed by atoms with Crippen molar-refractivity contribution in [1.82, 2.24) is 0 Å². The second-order valence-electron chi connectivity index (χ2n) is 4.01. The maximum absolute atomic E-state index is 11.6. The minimum absolute atomic E-state index is 0.298. The summed E-state index contributed by atoms with van der Waals surface area (Å²) in [5.41, 5.74) is 7.98. The lowest BCUT2D eigenvalue weighted by Crippen LogP contribution is -2.04. The molecule has 0 bridgehead atoms. The molecule has 3 nitrogen and oxygen atoms in total. The molecular formula is C15H15NO2S. The highest BCUT2D eigenvalue weighted by atomic mass is 32.2. The first-order valence-corrected chi connectivity index (χ1v) is 6.84. The fourth-order valence-corrected chi connectivity index (χ4v) is 2.58. The summed E-state index contributed by atoms with van der Waals surface area (Å²) in [7, 11) is 1.40. The first kappa shape index (κ1) is 13.5. The van der Waals surface area contributed by atoms with E-state index in [0.29, 0.717) is 5.56 Å². The van der Waals surface area contributed by atoms with Crippen molar-refractivity contribution in [3.63, 3.8) is 0 Å². The number of hydrogen-bond donors (Lipinski definition) is 1. The number of ether oxygens (including phenoxy) is 1. The number of anilines is 1. The molecule has 0 amide bonds. The van der Waals surface area contributed by atoms with Crippen molar-refractivity contribution >= 4 is 23.4 Å². The highest BCUT2D eigenvalue weighted by Crippen LogP contribution is 2.25. The van der Waals surface area contributed by atoms with Crippen LogP contribution in [0.4, 0.5) is 5.69 Å². The van der Waals surface area contributed by atoms with E-state index in [9.17, 15) is 4.79 Å². The Kier molecular flexibility index (Phi) is 4.47. The number of thioether (sulfide) groups is 1. The van der Waals surface area contributed by atoms with Crippen molar-refractivity contribution in [1.29, 1.82) is 0 Å². The van der Waals surface area contributed by atoms with Crippen molar-refractivity contribution in [3.05, 3.63) is 59.7 Å². The van der Waals surface area contributed by atoms with Crippen LogP contribution in [0.5, 0.6) is 0 Å². The summed E-state index contributed by atoms with van der Waals surface area (Å²) in [4.78, 5) is 12.8. The van der Waals surface area contributed by atoms with Crippen LogP contribution in [0, 0.1) is 0 Å². The maximum atomic E-state index is 11.6. The maximum Gasteiger partial charge on any atom is 0.338 e. The Morgan fingerprint density at radius 3 is 2.53 bits per heavy atom. The summed E-state index contributed by atoms with van der Waals surface area (Å²) in [5.74, 6) is 0.420. The fourth-order valence-electron chi connectivity index (χ4n) is 1.68. The molecular weight excluding hydrogens is 258 g/mol. The van der Waals surface area contributed by atoms with Gasteiger partial charge in [-0.25, -0.2) is 4.79 Å². The van der Waals surface area contributed by atoms with E-state index in [1.165, 1.54) is 7.11 Å². The van der Waals surface area contributed by atoms with Crippen molar-refractivity contribution in [2.24, 2.45) is 0 Å². The number of nitrogen functional groups attached to an aromatic ring is 1. The van der Waals surface area contributed by atoms with Crippen LogP contribution in [0.15, 0.2) is 53.4 Å². The lowest BCUT2D eigenvalue weighted by atomic mass is 10.1. The molecule has 0 aliphatic rings. The highest BCUT2D eigenvalue weighted by Gasteiger charge is 2.10. The summed E-state index contributed by atoms with van der Waals surface area (Å²) in [6.07, 6.45) is 0.